The van der Waals surface area contributed by atoms with E-state index in [0.29, 0.717) is 29.4 Å². The number of nitrogens with one attached hydrogen (secondary N) is 1. The van der Waals surface area contributed by atoms with Crippen LogP contribution in [0.5, 0.6) is 5.75 Å². The minimum atomic E-state index is -0.279. The van der Waals surface area contributed by atoms with E-state index in [0.717, 1.165) is 33.8 Å². The molecule has 1 N–H and O–H groups in total. The first-order chi connectivity index (χ1) is 13.6. The highest BCUT2D eigenvalue weighted by molar-refractivity contribution is 6.10. The number of fused-ring (bicyclic) bond motifs is 2. The van der Waals surface area contributed by atoms with Crippen molar-refractivity contribution in [2.24, 2.45) is 0 Å². The lowest BCUT2D eigenvalue weighted by atomic mass is 10.1. The van der Waals surface area contributed by atoms with Crippen LogP contribution in [0.3, 0.4) is 0 Å². The third kappa shape index (κ3) is 3.20. The van der Waals surface area contributed by atoms with Gasteiger partial charge in [0.15, 0.2) is 5.76 Å². The highest BCUT2D eigenvalue weighted by Gasteiger charge is 2.19. The minimum absolute atomic E-state index is 0.279. The van der Waals surface area contributed by atoms with Gasteiger partial charge in [-0.15, -0.1) is 0 Å². The Balaban J connectivity index is 1.70. The molecule has 2 aromatic heterocycles. The average molecular weight is 374 g/mol. The molecule has 5 heteroatoms. The number of aromatic nitrogens is 1. The lowest BCUT2D eigenvalue weighted by molar-refractivity contribution is 0.0998. The van der Waals surface area contributed by atoms with Crippen LogP contribution in [0, 0.1) is 13.8 Å². The number of anilines is 1. The molecular weight excluding hydrogens is 352 g/mol. The van der Waals surface area contributed by atoms with Gasteiger partial charge in [0.2, 0.25) is 0 Å². The maximum Gasteiger partial charge on any atom is 0.291 e. The van der Waals surface area contributed by atoms with Crippen molar-refractivity contribution in [2.45, 2.75) is 27.2 Å². The van der Waals surface area contributed by atoms with Gasteiger partial charge in [0.05, 0.1) is 12.3 Å². The summed E-state index contributed by atoms with van der Waals surface area (Å²) in [5.41, 5.74) is 4.08. The van der Waals surface area contributed by atoms with Crippen LogP contribution in [0.2, 0.25) is 0 Å². The maximum atomic E-state index is 12.9. The number of carbonyl (C=O) groups excluding carboxylic acids is 1. The van der Waals surface area contributed by atoms with Crippen molar-refractivity contribution >= 4 is 33.5 Å². The normalized spacial score (nSPS) is 11.1. The summed E-state index contributed by atoms with van der Waals surface area (Å²) >= 11 is 0. The molecule has 0 saturated heterocycles. The van der Waals surface area contributed by atoms with Gasteiger partial charge in [-0.1, -0.05) is 18.6 Å². The Hall–Kier alpha value is -3.34. The molecule has 1 amide bonds. The van der Waals surface area contributed by atoms with E-state index in [1.807, 2.05) is 56.3 Å². The van der Waals surface area contributed by atoms with Crippen LogP contribution in [-0.2, 0) is 0 Å². The maximum absolute atomic E-state index is 12.9. The zero-order valence-corrected chi connectivity index (χ0v) is 16.2. The van der Waals surface area contributed by atoms with Gasteiger partial charge in [0.1, 0.15) is 16.8 Å². The number of carbonyl (C=O) groups is 1. The Kier molecular flexibility index (Phi) is 4.74. The number of aryl methyl sites for hydroxylation is 2. The third-order valence-electron chi connectivity index (χ3n) is 4.74. The number of amides is 1. The molecule has 0 atom stereocenters. The summed E-state index contributed by atoms with van der Waals surface area (Å²) < 4.78 is 11.6. The Bertz CT molecular complexity index is 1180. The first kappa shape index (κ1) is 18.0. The van der Waals surface area contributed by atoms with E-state index in [4.69, 9.17) is 9.15 Å². The van der Waals surface area contributed by atoms with Crippen molar-refractivity contribution < 1.29 is 13.9 Å². The molecule has 142 valence electrons. The van der Waals surface area contributed by atoms with E-state index in [1.165, 1.54) is 0 Å². The van der Waals surface area contributed by atoms with Crippen LogP contribution in [-0.4, -0.2) is 17.5 Å². The summed E-state index contributed by atoms with van der Waals surface area (Å²) in [6.45, 7) is 6.60. The molecule has 0 radical (unpaired) electrons. The summed E-state index contributed by atoms with van der Waals surface area (Å²) in [4.78, 5) is 17.4. The number of hydrogen-bond donors (Lipinski definition) is 1. The fourth-order valence-electron chi connectivity index (χ4n) is 3.31. The number of ether oxygens (including phenoxy) is 1. The van der Waals surface area contributed by atoms with Gasteiger partial charge in [-0.3, -0.25) is 9.78 Å². The third-order valence-corrected chi connectivity index (χ3v) is 4.74. The second-order valence-electron chi connectivity index (χ2n) is 6.87. The Morgan fingerprint density at radius 3 is 2.82 bits per heavy atom. The average Bonchev–Trinajstić information content (AvgIpc) is 3.03. The fourth-order valence-corrected chi connectivity index (χ4v) is 3.31. The Morgan fingerprint density at radius 2 is 2.00 bits per heavy atom. The number of pyridine rings is 1. The van der Waals surface area contributed by atoms with Crippen molar-refractivity contribution in [3.05, 3.63) is 65.5 Å². The smallest absolute Gasteiger partial charge is 0.291 e. The van der Waals surface area contributed by atoms with Crippen molar-refractivity contribution in [3.8, 4) is 5.75 Å². The van der Waals surface area contributed by atoms with Crippen LogP contribution in [0.4, 0.5) is 5.69 Å². The number of benzene rings is 2. The van der Waals surface area contributed by atoms with Gasteiger partial charge >= 0.3 is 0 Å². The van der Waals surface area contributed by atoms with E-state index >= 15 is 0 Å². The molecule has 4 rings (SSSR count). The molecule has 0 saturated carbocycles. The Morgan fingerprint density at radius 1 is 1.14 bits per heavy atom. The predicted molar refractivity (Wildman–Crippen MR) is 111 cm³/mol. The van der Waals surface area contributed by atoms with E-state index in [2.05, 4.69) is 17.2 Å². The molecule has 0 fully saturated rings. The van der Waals surface area contributed by atoms with Crippen LogP contribution in [0.1, 0.15) is 35.0 Å². The highest BCUT2D eigenvalue weighted by Crippen LogP contribution is 2.32. The van der Waals surface area contributed by atoms with Gasteiger partial charge in [0, 0.05) is 22.5 Å². The van der Waals surface area contributed by atoms with Crippen molar-refractivity contribution in [1.82, 2.24) is 4.98 Å². The van der Waals surface area contributed by atoms with Crippen LogP contribution in [0.15, 0.2) is 53.1 Å². The zero-order valence-electron chi connectivity index (χ0n) is 16.2. The topological polar surface area (TPSA) is 64.4 Å². The summed E-state index contributed by atoms with van der Waals surface area (Å²) in [5, 5.41) is 4.76. The fraction of sp³-hybridized carbons (Fsp3) is 0.217. The first-order valence-corrected chi connectivity index (χ1v) is 9.40. The lowest BCUT2D eigenvalue weighted by Gasteiger charge is -2.12. The van der Waals surface area contributed by atoms with Gasteiger partial charge in [-0.25, -0.2) is 0 Å². The van der Waals surface area contributed by atoms with Crippen molar-refractivity contribution in [1.29, 1.82) is 0 Å². The molecule has 2 aromatic carbocycles. The zero-order chi connectivity index (χ0) is 19.7. The molecule has 5 nitrogen and oxygen atoms in total. The largest absolute Gasteiger partial charge is 0.491 e. The molecule has 2 heterocycles. The summed E-state index contributed by atoms with van der Waals surface area (Å²) in [7, 11) is 0. The number of furan rings is 1. The molecule has 0 aliphatic heterocycles. The van der Waals surface area contributed by atoms with Crippen molar-refractivity contribution in [2.75, 3.05) is 11.9 Å². The van der Waals surface area contributed by atoms with E-state index in [9.17, 15) is 4.79 Å². The molecule has 0 aliphatic carbocycles. The van der Waals surface area contributed by atoms with E-state index in [-0.39, 0.29) is 5.91 Å². The number of hydrogen-bond acceptors (Lipinski definition) is 4. The quantitative estimate of drug-likeness (QED) is 0.491. The molecule has 0 unspecified atom stereocenters. The molecule has 0 aliphatic rings. The summed E-state index contributed by atoms with van der Waals surface area (Å²) in [6, 6.07) is 13.4. The summed E-state index contributed by atoms with van der Waals surface area (Å²) in [6.07, 6.45) is 2.64. The molecule has 4 aromatic rings. The van der Waals surface area contributed by atoms with E-state index < -0.39 is 0 Å². The van der Waals surface area contributed by atoms with Crippen LogP contribution in [0.25, 0.3) is 21.9 Å². The number of nitrogens with zero attached hydrogens (tertiary/aromatic N) is 1. The predicted octanol–water partition coefficient (Wildman–Crippen LogP) is 5.64. The standard InChI is InChI=1S/C23H22N2O3/c1-4-12-27-20-10-8-18(16-6-5-11-24-21(16)20)25-23(26)22-15(3)17-13-14(2)7-9-19(17)28-22/h5-11,13H,4,12H2,1-3H3,(H,25,26). The monoisotopic (exact) mass is 374 g/mol. The van der Waals surface area contributed by atoms with Gasteiger partial charge in [-0.2, -0.15) is 0 Å². The first-order valence-electron chi connectivity index (χ1n) is 9.40. The second-order valence-corrected chi connectivity index (χ2v) is 6.87. The lowest BCUT2D eigenvalue weighted by Crippen LogP contribution is -2.12. The molecule has 0 spiro atoms. The summed E-state index contributed by atoms with van der Waals surface area (Å²) in [5.74, 6) is 0.758. The van der Waals surface area contributed by atoms with Crippen LogP contribution >= 0.6 is 0 Å². The second kappa shape index (κ2) is 7.35. The molecule has 28 heavy (non-hydrogen) atoms. The number of rotatable bonds is 5. The molecule has 0 bridgehead atoms. The van der Waals surface area contributed by atoms with Gasteiger partial charge in [-0.05, 0) is 56.7 Å². The molecular formula is C23H22N2O3. The van der Waals surface area contributed by atoms with Gasteiger partial charge < -0.3 is 14.5 Å². The van der Waals surface area contributed by atoms with Crippen LogP contribution < -0.4 is 10.1 Å². The van der Waals surface area contributed by atoms with E-state index in [1.54, 1.807) is 6.20 Å². The SMILES string of the molecule is CCCOc1ccc(NC(=O)c2oc3ccc(C)cc3c2C)c2cccnc12. The van der Waals surface area contributed by atoms with Gasteiger partial charge in [0.25, 0.3) is 5.91 Å². The minimum Gasteiger partial charge on any atom is -0.491 e. The van der Waals surface area contributed by atoms with Crippen molar-refractivity contribution in [3.63, 3.8) is 0 Å². The highest BCUT2D eigenvalue weighted by atomic mass is 16.5. The Labute approximate surface area is 163 Å².